The molecule has 392 valence electrons. The number of nitrogens with one attached hydrogen (secondary N) is 1. The highest BCUT2D eigenvalue weighted by Crippen LogP contribution is 2.38. The number of allylic oxidation sites excluding steroid dienone is 27. The van der Waals surface area contributed by atoms with Crippen molar-refractivity contribution >= 4 is 13.7 Å². The Morgan fingerprint density at radius 2 is 0.886 bits per heavy atom. The summed E-state index contributed by atoms with van der Waals surface area (Å²) >= 11 is 0. The van der Waals surface area contributed by atoms with Gasteiger partial charge in [-0.3, -0.25) is 9.36 Å². The van der Waals surface area contributed by atoms with E-state index in [1.54, 1.807) is 6.08 Å². The summed E-state index contributed by atoms with van der Waals surface area (Å²) in [6.07, 6.45) is 80.1. The van der Waals surface area contributed by atoms with Gasteiger partial charge in [-0.2, -0.15) is 0 Å². The van der Waals surface area contributed by atoms with E-state index in [4.69, 9.17) is 9.05 Å². The largest absolute Gasteiger partial charge is 0.756 e. The topological polar surface area (TPSA) is 108 Å². The van der Waals surface area contributed by atoms with Crippen LogP contribution in [-0.4, -0.2) is 68.5 Å². The first-order valence-electron chi connectivity index (χ1n) is 26.5. The van der Waals surface area contributed by atoms with Crippen LogP contribution in [0.15, 0.2) is 170 Å². The van der Waals surface area contributed by atoms with E-state index in [-0.39, 0.29) is 18.9 Å². The Bertz CT molecular complexity index is 1730. The van der Waals surface area contributed by atoms with Gasteiger partial charge >= 0.3 is 0 Å². The Morgan fingerprint density at radius 3 is 1.29 bits per heavy atom. The number of hydrogen-bond acceptors (Lipinski definition) is 6. The molecule has 9 heteroatoms. The maximum atomic E-state index is 12.9. The zero-order chi connectivity index (χ0) is 51.3. The third-order valence-electron chi connectivity index (χ3n) is 10.4. The van der Waals surface area contributed by atoms with Crippen LogP contribution in [0.2, 0.25) is 0 Å². The maximum absolute atomic E-state index is 12.9. The summed E-state index contributed by atoms with van der Waals surface area (Å²) < 4.78 is 23.2. The Kier molecular flexibility index (Phi) is 46.9. The molecule has 0 radical (unpaired) electrons. The molecular weight excluding hydrogens is 888 g/mol. The summed E-state index contributed by atoms with van der Waals surface area (Å²) in [4.78, 5) is 25.3. The summed E-state index contributed by atoms with van der Waals surface area (Å²) in [6, 6.07) is -0.939. The van der Waals surface area contributed by atoms with Crippen molar-refractivity contribution in [3.05, 3.63) is 170 Å². The van der Waals surface area contributed by atoms with Crippen LogP contribution in [0.1, 0.15) is 155 Å². The first kappa shape index (κ1) is 65.9. The standard InChI is InChI=1S/C61H97N2O6P/c1-6-8-10-12-14-16-18-19-20-21-22-23-24-25-26-27-28-29-30-31-32-33-34-35-36-37-38-39-40-41-42-43-45-47-49-51-53-55-61(65)62-59(58-69-70(66,67)68-57-56-63(3,4)5)60(64)54-52-50-48-46-44-17-15-13-11-9-7-2/h8,10-11,13-14,16,19-20,22-23,25-26,28-29,31-32,34-35,37-38,40-41,43-46,52,54,59-60,64H,6-7,9,12,15,17-18,21,24,27,30,33,36,39,42,47-51,53,55-58H2,1-5H3,(H-,62,65,66,67)/b10-8-,13-11+,16-14-,20-19-,23-22-,26-25-,29-28-,32-31-,35-34-,38-37-,41-40-,45-43-,46-44+,54-52+. The van der Waals surface area contributed by atoms with E-state index in [0.29, 0.717) is 23.9 Å². The first-order chi connectivity index (χ1) is 34.0. The second-order valence-electron chi connectivity index (χ2n) is 18.1. The van der Waals surface area contributed by atoms with Crippen molar-refractivity contribution in [3.63, 3.8) is 0 Å². The van der Waals surface area contributed by atoms with E-state index >= 15 is 0 Å². The van der Waals surface area contributed by atoms with Crippen LogP contribution in [0.4, 0.5) is 0 Å². The molecule has 3 unspecified atom stereocenters. The van der Waals surface area contributed by atoms with Gasteiger partial charge in [0.25, 0.3) is 7.82 Å². The maximum Gasteiger partial charge on any atom is 0.268 e. The molecule has 70 heavy (non-hydrogen) atoms. The lowest BCUT2D eigenvalue weighted by Crippen LogP contribution is -2.45. The van der Waals surface area contributed by atoms with Gasteiger partial charge in [-0.1, -0.05) is 197 Å². The van der Waals surface area contributed by atoms with Crippen LogP contribution in [0.3, 0.4) is 0 Å². The van der Waals surface area contributed by atoms with Crippen LogP contribution < -0.4 is 10.2 Å². The number of unbranched alkanes of at least 4 members (excludes halogenated alkanes) is 6. The van der Waals surface area contributed by atoms with Crippen molar-refractivity contribution in [3.8, 4) is 0 Å². The molecule has 0 heterocycles. The number of phosphoric acid groups is 1. The average Bonchev–Trinajstić information content (AvgIpc) is 3.32. The van der Waals surface area contributed by atoms with Gasteiger partial charge < -0.3 is 28.8 Å². The second-order valence-corrected chi connectivity index (χ2v) is 19.5. The van der Waals surface area contributed by atoms with E-state index in [2.05, 4.69) is 177 Å². The SMILES string of the molecule is CC/C=C\C/C=C\C/C=C\C/C=C\C/C=C\C/C=C\C/C=C\C/C=C\C/C=C\C/C=C\C/C=C\CCCCCC(=O)NC(COP(=O)([O-])OCC[N+](C)(C)C)C(O)/C=C/CC/C=C/CC/C=C/CCC. The number of carbonyl (C=O) groups is 1. The minimum Gasteiger partial charge on any atom is -0.756 e. The third-order valence-corrected chi connectivity index (χ3v) is 11.3. The van der Waals surface area contributed by atoms with Crippen molar-refractivity contribution in [2.24, 2.45) is 0 Å². The molecule has 3 atom stereocenters. The van der Waals surface area contributed by atoms with E-state index in [9.17, 15) is 19.4 Å². The van der Waals surface area contributed by atoms with Gasteiger partial charge in [0.15, 0.2) is 0 Å². The number of carbonyl (C=O) groups excluding carboxylic acids is 1. The van der Waals surface area contributed by atoms with E-state index in [1.807, 2.05) is 27.2 Å². The molecule has 0 aromatic rings. The van der Waals surface area contributed by atoms with E-state index < -0.39 is 26.6 Å². The van der Waals surface area contributed by atoms with E-state index in [1.165, 1.54) is 0 Å². The predicted molar refractivity (Wildman–Crippen MR) is 301 cm³/mol. The smallest absolute Gasteiger partial charge is 0.268 e. The van der Waals surface area contributed by atoms with Gasteiger partial charge in [-0.25, -0.2) is 0 Å². The molecule has 0 aromatic heterocycles. The Hall–Kier alpha value is -4.14. The van der Waals surface area contributed by atoms with Crippen LogP contribution in [0, 0.1) is 0 Å². The zero-order valence-electron chi connectivity index (χ0n) is 44.4. The molecule has 0 aliphatic rings. The Balaban J connectivity index is 4.28. The quantitative estimate of drug-likeness (QED) is 0.0272. The van der Waals surface area contributed by atoms with Crippen LogP contribution in [0.25, 0.3) is 0 Å². The number of hydrogen-bond donors (Lipinski definition) is 2. The predicted octanol–water partition coefficient (Wildman–Crippen LogP) is 15.4. The molecule has 0 fully saturated rings. The molecule has 0 aliphatic heterocycles. The van der Waals surface area contributed by atoms with Gasteiger partial charge in [-0.05, 0) is 122 Å². The van der Waals surface area contributed by atoms with Crippen molar-refractivity contribution in [1.82, 2.24) is 5.32 Å². The normalized spacial score (nSPS) is 15.4. The molecule has 0 spiro atoms. The van der Waals surface area contributed by atoms with Gasteiger partial charge in [-0.15, -0.1) is 0 Å². The van der Waals surface area contributed by atoms with Crippen molar-refractivity contribution in [2.75, 3.05) is 40.9 Å². The number of aliphatic hydroxyl groups is 1. The summed E-state index contributed by atoms with van der Waals surface area (Å²) in [5.41, 5.74) is 0. The molecule has 0 rings (SSSR count). The molecule has 0 aromatic carbocycles. The molecular formula is C61H97N2O6P. The lowest BCUT2D eigenvalue weighted by atomic mass is 10.1. The molecule has 0 aliphatic carbocycles. The average molecular weight is 985 g/mol. The number of aliphatic hydroxyl groups excluding tert-OH is 1. The number of quaternary nitrogens is 1. The van der Waals surface area contributed by atoms with Gasteiger partial charge in [0.2, 0.25) is 5.91 Å². The molecule has 8 nitrogen and oxygen atoms in total. The number of phosphoric ester groups is 1. The van der Waals surface area contributed by atoms with Crippen LogP contribution in [0.5, 0.6) is 0 Å². The molecule has 0 bridgehead atoms. The summed E-state index contributed by atoms with van der Waals surface area (Å²) in [6.45, 7) is 4.35. The molecule has 0 saturated heterocycles. The Labute approximate surface area is 428 Å². The minimum atomic E-state index is -4.62. The van der Waals surface area contributed by atoms with Crippen molar-refractivity contribution < 1.29 is 32.9 Å². The van der Waals surface area contributed by atoms with Crippen LogP contribution >= 0.6 is 7.82 Å². The third kappa shape index (κ3) is 51.7. The van der Waals surface area contributed by atoms with Gasteiger partial charge in [0.05, 0.1) is 39.9 Å². The molecule has 1 amide bonds. The summed E-state index contributed by atoms with van der Waals surface area (Å²) in [7, 11) is 1.18. The Morgan fingerprint density at radius 1 is 0.514 bits per heavy atom. The van der Waals surface area contributed by atoms with Gasteiger partial charge in [0.1, 0.15) is 13.2 Å². The zero-order valence-corrected chi connectivity index (χ0v) is 45.3. The lowest BCUT2D eigenvalue weighted by molar-refractivity contribution is -0.870. The van der Waals surface area contributed by atoms with Crippen molar-refractivity contribution in [2.45, 2.75) is 167 Å². The van der Waals surface area contributed by atoms with Gasteiger partial charge in [0, 0.05) is 6.42 Å². The fourth-order valence-electron chi connectivity index (χ4n) is 6.25. The second kappa shape index (κ2) is 49.8. The number of nitrogens with zero attached hydrogens (tertiary/aromatic N) is 1. The molecule has 2 N–H and O–H groups in total. The highest BCUT2D eigenvalue weighted by molar-refractivity contribution is 7.45. The number of likely N-dealkylation sites (N-methyl/N-ethyl adjacent to an activating group) is 1. The minimum absolute atomic E-state index is 0.0262. The highest BCUT2D eigenvalue weighted by atomic mass is 31.2. The summed E-state index contributed by atoms with van der Waals surface area (Å²) in [5.74, 6) is -0.255. The van der Waals surface area contributed by atoms with E-state index in [0.717, 1.165) is 122 Å². The van der Waals surface area contributed by atoms with Crippen molar-refractivity contribution in [1.29, 1.82) is 0 Å². The number of rotatable bonds is 45. The highest BCUT2D eigenvalue weighted by Gasteiger charge is 2.23. The molecule has 0 saturated carbocycles. The fraction of sp³-hybridized carbons (Fsp3) is 0.525. The summed E-state index contributed by atoms with van der Waals surface area (Å²) in [5, 5.41) is 13.7. The fourth-order valence-corrected chi connectivity index (χ4v) is 6.97. The number of amides is 1. The monoisotopic (exact) mass is 985 g/mol. The van der Waals surface area contributed by atoms with Crippen LogP contribution in [-0.2, 0) is 18.4 Å². The first-order valence-corrected chi connectivity index (χ1v) is 28.0. The lowest BCUT2D eigenvalue weighted by Gasteiger charge is -2.29.